The number of nitrogens with one attached hydrogen (secondary N) is 3. The smallest absolute Gasteiger partial charge is 0.388 e. The van der Waals surface area contributed by atoms with E-state index in [2.05, 4.69) is 99.0 Å². The fourth-order valence-corrected chi connectivity index (χ4v) is 9.67. The molecule has 3 rings (SSSR count). The van der Waals surface area contributed by atoms with Gasteiger partial charge in [0.05, 0.1) is 36.6 Å². The largest absolute Gasteiger partial charge is 1.00 e. The molecule has 3 amide bonds. The molecule has 0 radical (unpaired) electrons. The number of hydroxylamine groups is 6. The molecule has 17 heteroatoms. The van der Waals surface area contributed by atoms with Crippen LogP contribution in [0, 0.1) is 0 Å². The van der Waals surface area contributed by atoms with Gasteiger partial charge in [0, 0.05) is 72.1 Å². The van der Waals surface area contributed by atoms with Crippen LogP contribution in [0.1, 0.15) is 184 Å². The number of rotatable bonds is 12. The first-order valence-corrected chi connectivity index (χ1v) is 21.8. The topological polar surface area (TPSA) is 185 Å². The number of hydrogen-bond acceptors (Lipinski definition) is 12. The third kappa shape index (κ3) is 22.7. The van der Waals surface area contributed by atoms with Crippen LogP contribution in [0.25, 0.3) is 0 Å². The molecule has 3 fully saturated rings. The average molecular weight is 905 g/mol. The van der Waals surface area contributed by atoms with Crippen LogP contribution in [-0.2, 0) is 28.9 Å². The molecule has 0 aliphatic carbocycles. The molecule has 0 atom stereocenters. The molecule has 3 aliphatic heterocycles. The maximum absolute atomic E-state index is 11.3. The van der Waals surface area contributed by atoms with Crippen molar-refractivity contribution in [1.29, 1.82) is 0 Å². The van der Waals surface area contributed by atoms with Gasteiger partial charge in [-0.05, 0) is 163 Å². The number of carbonyl (C=O) groups excluding carboxylic acids is 3. The Morgan fingerprint density at radius 2 is 0.581 bits per heavy atom. The van der Waals surface area contributed by atoms with Gasteiger partial charge in [0.25, 0.3) is 0 Å². The standard InChI is InChI=1S/3C15H30N2O3.2Na/c3*1-11(18)16-12-8-13(2,3)17(14(4,5)9-12)20-10-15(6,7)19;;/h3*12,19H,8-10H2,1-7H3,(H,16,18);;/q;;;2*+1. The molecule has 6 N–H and O–H groups in total. The van der Waals surface area contributed by atoms with Crippen LogP contribution in [0.4, 0.5) is 0 Å². The van der Waals surface area contributed by atoms with Crippen molar-refractivity contribution in [2.75, 3.05) is 19.8 Å². The van der Waals surface area contributed by atoms with Crippen LogP contribution >= 0.6 is 0 Å². The average Bonchev–Trinajstić information content (AvgIpc) is 2.90. The molecule has 0 bridgehead atoms. The first-order chi connectivity index (χ1) is 26.5. The Morgan fingerprint density at radius 1 is 0.435 bits per heavy atom. The predicted molar refractivity (Wildman–Crippen MR) is 237 cm³/mol. The second kappa shape index (κ2) is 23.9. The monoisotopic (exact) mass is 905 g/mol. The Labute approximate surface area is 421 Å². The van der Waals surface area contributed by atoms with E-state index in [1.807, 2.05) is 15.2 Å². The van der Waals surface area contributed by atoms with E-state index in [4.69, 9.17) is 14.5 Å². The van der Waals surface area contributed by atoms with E-state index in [1.54, 1.807) is 62.3 Å². The first-order valence-electron chi connectivity index (χ1n) is 21.8. The van der Waals surface area contributed by atoms with Crippen molar-refractivity contribution in [3.05, 3.63) is 0 Å². The Bertz CT molecular complexity index is 1200. The predicted octanol–water partition coefficient (Wildman–Crippen LogP) is -0.452. The summed E-state index contributed by atoms with van der Waals surface area (Å²) in [6.45, 7) is 41.1. The van der Waals surface area contributed by atoms with E-state index in [1.165, 1.54) is 0 Å². The number of carbonyl (C=O) groups is 3. The van der Waals surface area contributed by atoms with Gasteiger partial charge in [-0.25, -0.2) is 0 Å². The van der Waals surface area contributed by atoms with Gasteiger partial charge in [-0.1, -0.05) is 0 Å². The quantitative estimate of drug-likeness (QED) is 0.139. The summed E-state index contributed by atoms with van der Waals surface area (Å²) in [4.78, 5) is 51.6. The van der Waals surface area contributed by atoms with Crippen LogP contribution in [0.5, 0.6) is 0 Å². The van der Waals surface area contributed by atoms with Gasteiger partial charge >= 0.3 is 59.1 Å². The minimum absolute atomic E-state index is 0. The van der Waals surface area contributed by atoms with Gasteiger partial charge in [0.15, 0.2) is 0 Å². The van der Waals surface area contributed by atoms with E-state index in [-0.39, 0.29) is 148 Å². The van der Waals surface area contributed by atoms with E-state index >= 15 is 0 Å². The zero-order valence-electron chi connectivity index (χ0n) is 43.7. The van der Waals surface area contributed by atoms with Crippen LogP contribution in [-0.4, -0.2) is 136 Å². The summed E-state index contributed by atoms with van der Waals surface area (Å²) in [6, 6.07) is 0.457. The molecule has 0 aromatic rings. The van der Waals surface area contributed by atoms with Gasteiger partial charge in [-0.2, -0.15) is 15.2 Å². The minimum atomic E-state index is -0.860. The third-order valence-electron chi connectivity index (χ3n) is 10.6. The normalized spacial score (nSPS) is 22.8. The molecule has 3 aliphatic rings. The van der Waals surface area contributed by atoms with Crippen LogP contribution < -0.4 is 75.1 Å². The summed E-state index contributed by atoms with van der Waals surface area (Å²) < 4.78 is 0. The maximum atomic E-state index is 11.3. The Balaban J connectivity index is 0. The fourth-order valence-electron chi connectivity index (χ4n) is 9.67. The molecule has 0 aromatic carbocycles. The van der Waals surface area contributed by atoms with E-state index in [9.17, 15) is 29.7 Å². The molecule has 354 valence electrons. The zero-order valence-corrected chi connectivity index (χ0v) is 47.7. The third-order valence-corrected chi connectivity index (χ3v) is 10.6. The van der Waals surface area contributed by atoms with Crippen molar-refractivity contribution in [2.24, 2.45) is 0 Å². The zero-order chi connectivity index (χ0) is 47.3. The van der Waals surface area contributed by atoms with Gasteiger partial charge in [0.2, 0.25) is 17.7 Å². The van der Waals surface area contributed by atoms with Crippen LogP contribution in [0.2, 0.25) is 0 Å². The number of nitrogens with zero attached hydrogens (tertiary/aromatic N) is 3. The molecule has 0 aromatic heterocycles. The SMILES string of the molecule is CC(=O)NC1CC(C)(C)N(OCC(C)(C)O)C(C)(C)C1.CC(=O)NC1CC(C)(C)N(OCC(C)(C)O)C(C)(C)C1.CC(=O)NC1CC(C)(C)N(OCC(C)(C)O)C(C)(C)C1.[Na+].[Na+]. The summed E-state index contributed by atoms with van der Waals surface area (Å²) in [5.41, 5.74) is -3.83. The van der Waals surface area contributed by atoms with Crippen molar-refractivity contribution in [3.8, 4) is 0 Å². The van der Waals surface area contributed by atoms with Crippen LogP contribution in [0.3, 0.4) is 0 Å². The van der Waals surface area contributed by atoms with Crippen molar-refractivity contribution in [2.45, 2.75) is 252 Å². The number of piperidine rings is 3. The molecular weight excluding hydrogens is 815 g/mol. The second-order valence-electron chi connectivity index (χ2n) is 23.4. The molecular formula is C45H90N6Na2O9+2. The molecule has 0 unspecified atom stereocenters. The Kier molecular flexibility index (Phi) is 24.7. The Hall–Kier alpha value is 0.0500. The van der Waals surface area contributed by atoms with E-state index in [0.29, 0.717) is 0 Å². The molecule has 3 saturated heterocycles. The molecule has 15 nitrogen and oxygen atoms in total. The van der Waals surface area contributed by atoms with Crippen molar-refractivity contribution >= 4 is 17.7 Å². The molecule has 0 spiro atoms. The second-order valence-corrected chi connectivity index (χ2v) is 23.4. The van der Waals surface area contributed by atoms with Crippen molar-refractivity contribution in [3.63, 3.8) is 0 Å². The van der Waals surface area contributed by atoms with Gasteiger partial charge in [0.1, 0.15) is 0 Å². The van der Waals surface area contributed by atoms with Gasteiger partial charge in [-0.3, -0.25) is 28.9 Å². The number of hydrogen-bond donors (Lipinski definition) is 6. The summed E-state index contributed by atoms with van der Waals surface area (Å²) in [5, 5.41) is 44.5. The fraction of sp³-hybridized carbons (Fsp3) is 0.933. The summed E-state index contributed by atoms with van der Waals surface area (Å²) in [5.74, 6) is 0.0207. The van der Waals surface area contributed by atoms with Gasteiger partial charge in [-0.15, -0.1) is 0 Å². The summed E-state index contributed by atoms with van der Waals surface area (Å²) >= 11 is 0. The van der Waals surface area contributed by atoms with Crippen molar-refractivity contribution < 1.29 is 103 Å². The first kappa shape index (κ1) is 64.1. The Morgan fingerprint density at radius 3 is 0.694 bits per heavy atom. The summed E-state index contributed by atoms with van der Waals surface area (Å²) in [6.07, 6.45) is 4.93. The molecule has 62 heavy (non-hydrogen) atoms. The minimum Gasteiger partial charge on any atom is -0.388 e. The van der Waals surface area contributed by atoms with E-state index < -0.39 is 16.8 Å². The molecule has 3 heterocycles. The maximum Gasteiger partial charge on any atom is 1.00 e. The number of amides is 3. The molecule has 0 saturated carbocycles. The van der Waals surface area contributed by atoms with Crippen molar-refractivity contribution in [1.82, 2.24) is 31.1 Å². The van der Waals surface area contributed by atoms with Crippen LogP contribution in [0.15, 0.2) is 0 Å². The summed E-state index contributed by atoms with van der Waals surface area (Å²) in [7, 11) is 0. The van der Waals surface area contributed by atoms with Gasteiger partial charge < -0.3 is 31.3 Å². The van der Waals surface area contributed by atoms with E-state index in [0.717, 1.165) is 38.5 Å². The number of aliphatic hydroxyl groups is 3.